The molecule has 0 saturated heterocycles. The third kappa shape index (κ3) is 1.79. The average Bonchev–Trinajstić information content (AvgIpc) is 2.23. The van der Waals surface area contributed by atoms with E-state index in [2.05, 4.69) is 18.8 Å². The summed E-state index contributed by atoms with van der Waals surface area (Å²) in [6, 6.07) is 3.47. The number of hydrogen-bond acceptors (Lipinski definition) is 3. The molecule has 0 aromatic carbocycles. The molecule has 0 fully saturated rings. The van der Waals surface area contributed by atoms with Gasteiger partial charge in [0.2, 0.25) is 0 Å². The molecule has 0 bridgehead atoms. The van der Waals surface area contributed by atoms with Crippen molar-refractivity contribution >= 4 is 5.78 Å². The molecule has 1 aromatic heterocycles. The SMILES string of the molecule is CC(C)c1ccc2c(n1)CCC(N)C2=O. The summed E-state index contributed by atoms with van der Waals surface area (Å²) in [6.07, 6.45) is 1.54. The first-order valence-electron chi connectivity index (χ1n) is 5.39. The minimum Gasteiger partial charge on any atom is -0.321 e. The lowest BCUT2D eigenvalue weighted by molar-refractivity contribution is 0.0947. The van der Waals surface area contributed by atoms with E-state index in [1.807, 2.05) is 12.1 Å². The molecule has 1 unspecified atom stereocenters. The number of carbonyl (C=O) groups is 1. The molecule has 3 heteroatoms. The van der Waals surface area contributed by atoms with Crippen LogP contribution in [-0.2, 0) is 6.42 Å². The van der Waals surface area contributed by atoms with Gasteiger partial charge in [-0.1, -0.05) is 13.8 Å². The standard InChI is InChI=1S/C12H16N2O/c1-7(2)10-5-3-8-11(14-10)6-4-9(13)12(8)15/h3,5,7,9H,4,6,13H2,1-2H3. The number of ketones is 1. The molecule has 3 nitrogen and oxygen atoms in total. The van der Waals surface area contributed by atoms with E-state index in [4.69, 9.17) is 5.73 Å². The van der Waals surface area contributed by atoms with Crippen LogP contribution in [0.5, 0.6) is 0 Å². The molecule has 1 atom stereocenters. The lowest BCUT2D eigenvalue weighted by Crippen LogP contribution is -2.35. The number of pyridine rings is 1. The second-order valence-corrected chi connectivity index (χ2v) is 4.39. The van der Waals surface area contributed by atoms with E-state index in [0.29, 0.717) is 5.92 Å². The monoisotopic (exact) mass is 204 g/mol. The zero-order valence-electron chi connectivity index (χ0n) is 9.16. The zero-order valence-corrected chi connectivity index (χ0v) is 9.16. The Morgan fingerprint density at radius 1 is 1.47 bits per heavy atom. The molecule has 80 valence electrons. The first-order chi connectivity index (χ1) is 7.09. The van der Waals surface area contributed by atoms with E-state index in [0.717, 1.165) is 29.8 Å². The van der Waals surface area contributed by atoms with Crippen LogP contribution in [0, 0.1) is 0 Å². The van der Waals surface area contributed by atoms with E-state index in [9.17, 15) is 4.79 Å². The van der Waals surface area contributed by atoms with Crippen molar-refractivity contribution < 1.29 is 4.79 Å². The summed E-state index contributed by atoms with van der Waals surface area (Å²) in [5.74, 6) is 0.444. The highest BCUT2D eigenvalue weighted by Crippen LogP contribution is 2.21. The normalized spacial score (nSPS) is 20.5. The number of fused-ring (bicyclic) bond motifs is 1. The van der Waals surface area contributed by atoms with Gasteiger partial charge in [-0.3, -0.25) is 9.78 Å². The van der Waals surface area contributed by atoms with Crippen LogP contribution in [0.2, 0.25) is 0 Å². The molecular formula is C12H16N2O. The molecule has 1 aliphatic carbocycles. The fraction of sp³-hybridized carbons (Fsp3) is 0.500. The number of Topliss-reactive ketones (excluding diaryl/α,β-unsaturated/α-hetero) is 1. The van der Waals surface area contributed by atoms with Crippen LogP contribution in [0.4, 0.5) is 0 Å². The molecule has 1 aromatic rings. The quantitative estimate of drug-likeness (QED) is 0.757. The third-order valence-corrected chi connectivity index (χ3v) is 2.88. The molecule has 0 amide bonds. The zero-order chi connectivity index (χ0) is 11.0. The summed E-state index contributed by atoms with van der Waals surface area (Å²) in [4.78, 5) is 16.3. The number of aryl methyl sites for hydroxylation is 1. The van der Waals surface area contributed by atoms with Crippen molar-refractivity contribution in [3.05, 3.63) is 29.1 Å². The van der Waals surface area contributed by atoms with Gasteiger partial charge in [-0.25, -0.2) is 0 Å². The van der Waals surface area contributed by atoms with Crippen molar-refractivity contribution in [3.8, 4) is 0 Å². The van der Waals surface area contributed by atoms with Gasteiger partial charge in [0, 0.05) is 11.3 Å². The minimum atomic E-state index is -0.329. The molecule has 1 aliphatic rings. The Balaban J connectivity index is 2.43. The molecule has 0 aliphatic heterocycles. The van der Waals surface area contributed by atoms with Crippen LogP contribution in [0.25, 0.3) is 0 Å². The van der Waals surface area contributed by atoms with Crippen LogP contribution < -0.4 is 5.73 Å². The second-order valence-electron chi connectivity index (χ2n) is 4.39. The maximum Gasteiger partial charge on any atom is 0.181 e. The fourth-order valence-corrected chi connectivity index (χ4v) is 1.88. The molecule has 2 N–H and O–H groups in total. The largest absolute Gasteiger partial charge is 0.321 e. The van der Waals surface area contributed by atoms with Gasteiger partial charge < -0.3 is 5.73 Å². The lowest BCUT2D eigenvalue weighted by Gasteiger charge is -2.20. The first kappa shape index (κ1) is 10.3. The van der Waals surface area contributed by atoms with Gasteiger partial charge in [-0.05, 0) is 30.9 Å². The Morgan fingerprint density at radius 3 is 2.87 bits per heavy atom. The van der Waals surface area contributed by atoms with E-state index in [1.165, 1.54) is 0 Å². The molecule has 0 saturated carbocycles. The second kappa shape index (κ2) is 3.74. The lowest BCUT2D eigenvalue weighted by atomic mass is 9.90. The number of rotatable bonds is 1. The van der Waals surface area contributed by atoms with Crippen LogP contribution in [0.15, 0.2) is 12.1 Å². The molecule has 0 radical (unpaired) electrons. The fourth-order valence-electron chi connectivity index (χ4n) is 1.88. The van der Waals surface area contributed by atoms with Crippen molar-refractivity contribution in [2.45, 2.75) is 38.6 Å². The number of hydrogen-bond donors (Lipinski definition) is 1. The summed E-state index contributed by atoms with van der Waals surface area (Å²) < 4.78 is 0. The van der Waals surface area contributed by atoms with Crippen molar-refractivity contribution in [1.29, 1.82) is 0 Å². The highest BCUT2D eigenvalue weighted by molar-refractivity contribution is 6.01. The molecule has 2 rings (SSSR count). The van der Waals surface area contributed by atoms with Crippen molar-refractivity contribution in [2.24, 2.45) is 5.73 Å². The Bertz CT molecular complexity index is 399. The van der Waals surface area contributed by atoms with Gasteiger partial charge in [0.25, 0.3) is 0 Å². The topological polar surface area (TPSA) is 56.0 Å². The third-order valence-electron chi connectivity index (χ3n) is 2.88. The van der Waals surface area contributed by atoms with Gasteiger partial charge in [-0.2, -0.15) is 0 Å². The summed E-state index contributed by atoms with van der Waals surface area (Å²) in [6.45, 7) is 4.20. The summed E-state index contributed by atoms with van der Waals surface area (Å²) in [5.41, 5.74) is 8.41. The van der Waals surface area contributed by atoms with Gasteiger partial charge >= 0.3 is 0 Å². The molecule has 1 heterocycles. The summed E-state index contributed by atoms with van der Waals surface area (Å²) in [7, 11) is 0. The van der Waals surface area contributed by atoms with Gasteiger partial charge in [0.1, 0.15) is 0 Å². The van der Waals surface area contributed by atoms with Crippen molar-refractivity contribution in [2.75, 3.05) is 0 Å². The summed E-state index contributed by atoms with van der Waals surface area (Å²) in [5, 5.41) is 0. The number of aromatic nitrogens is 1. The van der Waals surface area contributed by atoms with E-state index >= 15 is 0 Å². The Morgan fingerprint density at radius 2 is 2.20 bits per heavy atom. The van der Waals surface area contributed by atoms with E-state index in [-0.39, 0.29) is 11.8 Å². The van der Waals surface area contributed by atoms with Crippen LogP contribution in [0.3, 0.4) is 0 Å². The highest BCUT2D eigenvalue weighted by atomic mass is 16.1. The van der Waals surface area contributed by atoms with Gasteiger partial charge in [0.15, 0.2) is 5.78 Å². The Labute approximate surface area is 89.7 Å². The maximum absolute atomic E-state index is 11.7. The molecular weight excluding hydrogens is 188 g/mol. The van der Waals surface area contributed by atoms with Gasteiger partial charge in [-0.15, -0.1) is 0 Å². The molecule has 15 heavy (non-hydrogen) atoms. The van der Waals surface area contributed by atoms with Crippen LogP contribution >= 0.6 is 0 Å². The summed E-state index contributed by atoms with van der Waals surface area (Å²) >= 11 is 0. The Kier molecular flexibility index (Phi) is 2.57. The maximum atomic E-state index is 11.7. The highest BCUT2D eigenvalue weighted by Gasteiger charge is 2.25. The average molecular weight is 204 g/mol. The van der Waals surface area contributed by atoms with E-state index in [1.54, 1.807) is 0 Å². The Hall–Kier alpha value is -1.22. The van der Waals surface area contributed by atoms with Gasteiger partial charge in [0.05, 0.1) is 11.7 Å². The van der Waals surface area contributed by atoms with Crippen LogP contribution in [-0.4, -0.2) is 16.8 Å². The number of nitrogens with zero attached hydrogens (tertiary/aromatic N) is 1. The van der Waals surface area contributed by atoms with Crippen molar-refractivity contribution in [1.82, 2.24) is 4.98 Å². The van der Waals surface area contributed by atoms with Crippen molar-refractivity contribution in [3.63, 3.8) is 0 Å². The predicted molar refractivity (Wildman–Crippen MR) is 59.0 cm³/mol. The smallest absolute Gasteiger partial charge is 0.181 e. The number of carbonyl (C=O) groups excluding carboxylic acids is 1. The minimum absolute atomic E-state index is 0.0408. The predicted octanol–water partition coefficient (Wildman–Crippen LogP) is 1.66. The molecule has 0 spiro atoms. The first-order valence-corrected chi connectivity index (χ1v) is 5.39. The number of nitrogens with two attached hydrogens (primary N) is 1. The van der Waals surface area contributed by atoms with E-state index < -0.39 is 0 Å². The van der Waals surface area contributed by atoms with Crippen LogP contribution in [0.1, 0.15) is 47.9 Å².